The van der Waals surface area contributed by atoms with Gasteiger partial charge >= 0.3 is 12.1 Å². The van der Waals surface area contributed by atoms with E-state index in [1.54, 1.807) is 33.8 Å². The number of carbonyl (C=O) groups is 4. The lowest BCUT2D eigenvalue weighted by Gasteiger charge is -2.31. The van der Waals surface area contributed by atoms with Crippen LogP contribution in [0.25, 0.3) is 0 Å². The maximum atomic E-state index is 13.6. The quantitative estimate of drug-likeness (QED) is 0.166. The van der Waals surface area contributed by atoms with Crippen molar-refractivity contribution in [2.75, 3.05) is 13.2 Å². The predicted molar refractivity (Wildman–Crippen MR) is 145 cm³/mol. The van der Waals surface area contributed by atoms with Gasteiger partial charge in [-0.2, -0.15) is 0 Å². The molecule has 10 nitrogen and oxygen atoms in total. The van der Waals surface area contributed by atoms with E-state index in [0.717, 1.165) is 19.3 Å². The average molecular weight is 538 g/mol. The van der Waals surface area contributed by atoms with Crippen molar-refractivity contribution in [3.8, 4) is 0 Å². The van der Waals surface area contributed by atoms with Gasteiger partial charge in [0.05, 0.1) is 12.7 Å². The zero-order chi connectivity index (χ0) is 28.9. The van der Waals surface area contributed by atoms with Gasteiger partial charge in [0.1, 0.15) is 23.7 Å². The molecule has 0 saturated carbocycles. The highest BCUT2D eigenvalue weighted by Gasteiger charge is 2.43. The molecule has 1 unspecified atom stereocenters. The number of unbranched alkanes of at least 4 members (excludes halogenated alkanes) is 3. The standard InChI is InChI=1S/C28H47N3O7/c1-8-12-13-14-15-16-21(29-27(36)38-28(5,6)7)25(34)31-18-20(32)17-22(31)24(33)30-23(19(9-2)10-3)26(35)37-11-4/h8-9,19-23,32H,1-2,10-18H2,3-7H3,(H,29,36)(H,30,33)/t19-,20-,21+,22+,23?/m1/s1. The molecule has 1 saturated heterocycles. The van der Waals surface area contributed by atoms with Crippen LogP contribution in [0.1, 0.15) is 79.6 Å². The zero-order valence-corrected chi connectivity index (χ0v) is 23.7. The third-order valence-corrected chi connectivity index (χ3v) is 6.30. The second-order valence-corrected chi connectivity index (χ2v) is 10.6. The minimum atomic E-state index is -1.01. The number of ether oxygens (including phenoxy) is 2. The summed E-state index contributed by atoms with van der Waals surface area (Å²) in [5.74, 6) is -2.02. The summed E-state index contributed by atoms with van der Waals surface area (Å²) in [5.41, 5.74) is -0.753. The number of aliphatic hydroxyl groups excluding tert-OH is 1. The van der Waals surface area contributed by atoms with Crippen molar-refractivity contribution in [1.29, 1.82) is 0 Å². The van der Waals surface area contributed by atoms with Crippen LogP contribution in [-0.4, -0.2) is 76.9 Å². The normalized spacial score (nSPS) is 19.6. The van der Waals surface area contributed by atoms with Gasteiger partial charge in [0.25, 0.3) is 0 Å². The zero-order valence-electron chi connectivity index (χ0n) is 23.7. The lowest BCUT2D eigenvalue weighted by atomic mass is 9.96. The van der Waals surface area contributed by atoms with Crippen molar-refractivity contribution in [3.05, 3.63) is 25.3 Å². The Hall–Kier alpha value is -2.88. The van der Waals surface area contributed by atoms with Gasteiger partial charge in [-0.3, -0.25) is 9.59 Å². The summed E-state index contributed by atoms with van der Waals surface area (Å²) in [7, 11) is 0. The minimum Gasteiger partial charge on any atom is -0.464 e. The van der Waals surface area contributed by atoms with Gasteiger partial charge in [-0.25, -0.2) is 9.59 Å². The molecule has 1 rings (SSSR count). The molecular weight excluding hydrogens is 490 g/mol. The van der Waals surface area contributed by atoms with Crippen molar-refractivity contribution in [1.82, 2.24) is 15.5 Å². The molecule has 216 valence electrons. The van der Waals surface area contributed by atoms with E-state index in [4.69, 9.17) is 9.47 Å². The summed E-state index contributed by atoms with van der Waals surface area (Å²) >= 11 is 0. The molecule has 38 heavy (non-hydrogen) atoms. The number of aliphatic hydroxyl groups is 1. The van der Waals surface area contributed by atoms with Gasteiger partial charge in [0.2, 0.25) is 11.8 Å². The summed E-state index contributed by atoms with van der Waals surface area (Å²) < 4.78 is 10.5. The average Bonchev–Trinajstić information content (AvgIpc) is 3.23. The van der Waals surface area contributed by atoms with E-state index in [-0.39, 0.29) is 25.5 Å². The summed E-state index contributed by atoms with van der Waals surface area (Å²) in [6, 6.07) is -2.92. The first-order valence-corrected chi connectivity index (χ1v) is 13.6. The fourth-order valence-electron chi connectivity index (χ4n) is 4.39. The second-order valence-electron chi connectivity index (χ2n) is 10.6. The van der Waals surface area contributed by atoms with E-state index in [9.17, 15) is 24.3 Å². The topological polar surface area (TPSA) is 134 Å². The number of carbonyl (C=O) groups excluding carboxylic acids is 4. The Kier molecular flexibility index (Phi) is 14.1. The van der Waals surface area contributed by atoms with Gasteiger partial charge < -0.3 is 30.1 Å². The molecular formula is C28H47N3O7. The van der Waals surface area contributed by atoms with Crippen molar-refractivity contribution in [2.45, 2.75) is 109 Å². The van der Waals surface area contributed by atoms with Crippen molar-refractivity contribution in [2.24, 2.45) is 5.92 Å². The summed E-state index contributed by atoms with van der Waals surface area (Å²) in [6.45, 7) is 16.3. The highest BCUT2D eigenvalue weighted by atomic mass is 16.6. The number of amides is 3. The number of allylic oxidation sites excluding steroid dienone is 1. The first-order chi connectivity index (χ1) is 17.9. The molecule has 1 aliphatic heterocycles. The number of rotatable bonds is 15. The summed E-state index contributed by atoms with van der Waals surface area (Å²) in [6.07, 6.45) is 5.90. The van der Waals surface area contributed by atoms with Crippen molar-refractivity contribution >= 4 is 23.9 Å². The molecule has 3 amide bonds. The van der Waals surface area contributed by atoms with Crippen molar-refractivity contribution < 1.29 is 33.8 Å². The lowest BCUT2D eigenvalue weighted by molar-refractivity contribution is -0.149. The molecule has 1 fully saturated rings. The van der Waals surface area contributed by atoms with Gasteiger partial charge in [-0.05, 0) is 53.4 Å². The minimum absolute atomic E-state index is 0.0104. The Bertz CT molecular complexity index is 824. The SMILES string of the molecule is C=CCCCCC[C@H](NC(=O)OC(C)(C)C)C(=O)N1C[C@H](O)C[C@H]1C(=O)NC(C(=O)OCC)[C@H](C=C)CC. The molecule has 0 aromatic rings. The molecule has 1 aliphatic rings. The number of esters is 1. The van der Waals surface area contributed by atoms with Crippen LogP contribution in [0.15, 0.2) is 25.3 Å². The van der Waals surface area contributed by atoms with Crippen LogP contribution < -0.4 is 10.6 Å². The number of hydrogen-bond donors (Lipinski definition) is 3. The molecule has 0 radical (unpaired) electrons. The molecule has 0 aliphatic carbocycles. The third kappa shape index (κ3) is 10.8. The maximum absolute atomic E-state index is 13.6. The number of alkyl carbamates (subject to hydrolysis) is 1. The van der Waals surface area contributed by atoms with Crippen LogP contribution in [0.5, 0.6) is 0 Å². The first-order valence-electron chi connectivity index (χ1n) is 13.6. The number of likely N-dealkylation sites (tertiary alicyclic amines) is 1. The maximum Gasteiger partial charge on any atom is 0.408 e. The number of nitrogens with zero attached hydrogens (tertiary/aromatic N) is 1. The van der Waals surface area contributed by atoms with Crippen LogP contribution in [0.3, 0.4) is 0 Å². The van der Waals surface area contributed by atoms with Crippen LogP contribution >= 0.6 is 0 Å². The largest absolute Gasteiger partial charge is 0.464 e. The van der Waals surface area contributed by atoms with Crippen LogP contribution in [0, 0.1) is 5.92 Å². The molecule has 0 aromatic heterocycles. The summed E-state index contributed by atoms with van der Waals surface area (Å²) in [5, 5.41) is 15.8. The van der Waals surface area contributed by atoms with E-state index in [1.165, 1.54) is 4.90 Å². The molecule has 5 atom stereocenters. The first kappa shape index (κ1) is 33.1. The number of β-amino-alcohol motifs (C(OH)–C–C–N with tert-alkyl or cyclic N) is 1. The van der Waals surface area contributed by atoms with Crippen LogP contribution in [0.4, 0.5) is 4.79 Å². The Morgan fingerprint density at radius 2 is 1.79 bits per heavy atom. The van der Waals surface area contributed by atoms with Crippen LogP contribution in [-0.2, 0) is 23.9 Å². The number of hydrogen-bond acceptors (Lipinski definition) is 7. The summed E-state index contributed by atoms with van der Waals surface area (Å²) in [4.78, 5) is 53.4. The smallest absolute Gasteiger partial charge is 0.408 e. The molecule has 1 heterocycles. The van der Waals surface area contributed by atoms with Gasteiger partial charge in [-0.15, -0.1) is 13.2 Å². The lowest BCUT2D eigenvalue weighted by Crippen LogP contribution is -2.56. The molecule has 10 heteroatoms. The van der Waals surface area contributed by atoms with Gasteiger partial charge in [-0.1, -0.05) is 31.9 Å². The Balaban J connectivity index is 3.11. The van der Waals surface area contributed by atoms with Gasteiger partial charge in [0, 0.05) is 18.9 Å². The van der Waals surface area contributed by atoms with E-state index < -0.39 is 53.7 Å². The molecule has 0 spiro atoms. The monoisotopic (exact) mass is 537 g/mol. The number of nitrogens with one attached hydrogen (secondary N) is 2. The van der Waals surface area contributed by atoms with Crippen LogP contribution in [0.2, 0.25) is 0 Å². The Labute approximate surface area is 227 Å². The van der Waals surface area contributed by atoms with Gasteiger partial charge in [0.15, 0.2) is 0 Å². The molecule has 0 bridgehead atoms. The fraction of sp³-hybridized carbons (Fsp3) is 0.714. The van der Waals surface area contributed by atoms with E-state index >= 15 is 0 Å². The highest BCUT2D eigenvalue weighted by Crippen LogP contribution is 2.22. The van der Waals surface area contributed by atoms with E-state index in [2.05, 4.69) is 23.8 Å². The predicted octanol–water partition coefficient (Wildman–Crippen LogP) is 3.24. The Morgan fingerprint density at radius 1 is 1.11 bits per heavy atom. The van der Waals surface area contributed by atoms with E-state index in [1.807, 2.05) is 13.0 Å². The van der Waals surface area contributed by atoms with Crippen molar-refractivity contribution in [3.63, 3.8) is 0 Å². The second kappa shape index (κ2) is 16.2. The molecule has 0 aromatic carbocycles. The Morgan fingerprint density at radius 3 is 2.34 bits per heavy atom. The molecule has 3 N–H and O–H groups in total. The third-order valence-electron chi connectivity index (χ3n) is 6.30. The fourth-order valence-corrected chi connectivity index (χ4v) is 4.39. The van der Waals surface area contributed by atoms with E-state index in [0.29, 0.717) is 19.3 Å². The highest BCUT2D eigenvalue weighted by molar-refractivity contribution is 5.93.